The predicted octanol–water partition coefficient (Wildman–Crippen LogP) is 3.36. The molecule has 0 spiro atoms. The number of aromatic nitrogens is 1. The van der Waals surface area contributed by atoms with Crippen molar-refractivity contribution >= 4 is 17.4 Å². The predicted molar refractivity (Wildman–Crippen MR) is 75.3 cm³/mol. The van der Waals surface area contributed by atoms with Crippen LogP contribution in [-0.2, 0) is 6.42 Å². The van der Waals surface area contributed by atoms with E-state index in [0.717, 1.165) is 13.0 Å². The van der Waals surface area contributed by atoms with Gasteiger partial charge in [-0.25, -0.2) is 4.98 Å². The van der Waals surface area contributed by atoms with E-state index in [4.69, 9.17) is 16.9 Å². The van der Waals surface area contributed by atoms with Crippen LogP contribution in [0.4, 0.5) is 5.82 Å². The summed E-state index contributed by atoms with van der Waals surface area (Å²) in [6.45, 7) is 0.790. The Labute approximate surface area is 116 Å². The molecular formula is C15H12ClN3. The van der Waals surface area contributed by atoms with Crippen LogP contribution in [0.2, 0.25) is 5.02 Å². The number of pyridine rings is 1. The molecule has 94 valence electrons. The summed E-state index contributed by atoms with van der Waals surface area (Å²) >= 11 is 6.11. The van der Waals surface area contributed by atoms with Crippen molar-refractivity contribution in [1.29, 1.82) is 5.26 Å². The van der Waals surface area contributed by atoms with Crippen molar-refractivity contribution in [2.75, 3.05) is 11.9 Å². The summed E-state index contributed by atoms with van der Waals surface area (Å²) in [7, 11) is 0. The quantitative estimate of drug-likeness (QED) is 0.929. The second-order valence-corrected chi connectivity index (χ2v) is 4.99. The van der Waals surface area contributed by atoms with Gasteiger partial charge in [-0.3, -0.25) is 0 Å². The number of nitrogens with one attached hydrogen (secondary N) is 1. The molecule has 0 bridgehead atoms. The second kappa shape index (κ2) is 4.91. The van der Waals surface area contributed by atoms with Crippen LogP contribution >= 0.6 is 11.6 Å². The van der Waals surface area contributed by atoms with Crippen LogP contribution in [0.1, 0.15) is 22.6 Å². The minimum absolute atomic E-state index is 0.401. The maximum atomic E-state index is 8.92. The summed E-state index contributed by atoms with van der Waals surface area (Å²) in [6, 6.07) is 12.1. The molecule has 1 atom stereocenters. The molecule has 3 rings (SSSR count). The molecule has 0 amide bonds. The van der Waals surface area contributed by atoms with E-state index in [1.807, 2.05) is 0 Å². The van der Waals surface area contributed by atoms with Gasteiger partial charge in [0.15, 0.2) is 0 Å². The molecule has 1 heterocycles. The van der Waals surface area contributed by atoms with Gasteiger partial charge in [0.1, 0.15) is 16.9 Å². The highest BCUT2D eigenvalue weighted by atomic mass is 35.5. The molecular weight excluding hydrogens is 258 g/mol. The Bertz CT molecular complexity index is 661. The number of rotatable bonds is 3. The number of hydrogen-bond donors (Lipinski definition) is 1. The fraction of sp³-hybridized carbons (Fsp3) is 0.200. The van der Waals surface area contributed by atoms with Crippen molar-refractivity contribution < 1.29 is 0 Å². The van der Waals surface area contributed by atoms with Crippen LogP contribution in [-0.4, -0.2) is 11.5 Å². The van der Waals surface area contributed by atoms with Crippen LogP contribution in [0, 0.1) is 11.3 Å². The Morgan fingerprint density at radius 3 is 3.00 bits per heavy atom. The molecule has 0 saturated heterocycles. The minimum atomic E-state index is 0.401. The van der Waals surface area contributed by atoms with Crippen LogP contribution in [0.25, 0.3) is 0 Å². The molecule has 19 heavy (non-hydrogen) atoms. The second-order valence-electron chi connectivity index (χ2n) is 4.61. The lowest BCUT2D eigenvalue weighted by molar-refractivity contribution is 0.634. The number of anilines is 1. The Balaban J connectivity index is 1.71. The van der Waals surface area contributed by atoms with Crippen molar-refractivity contribution in [1.82, 2.24) is 4.98 Å². The van der Waals surface area contributed by atoms with E-state index in [-0.39, 0.29) is 0 Å². The lowest BCUT2D eigenvalue weighted by Crippen LogP contribution is -2.24. The van der Waals surface area contributed by atoms with E-state index < -0.39 is 0 Å². The van der Waals surface area contributed by atoms with E-state index >= 15 is 0 Å². The van der Waals surface area contributed by atoms with Crippen LogP contribution < -0.4 is 5.32 Å². The monoisotopic (exact) mass is 269 g/mol. The highest BCUT2D eigenvalue weighted by Gasteiger charge is 2.25. The maximum absolute atomic E-state index is 8.92. The van der Waals surface area contributed by atoms with Gasteiger partial charge in [-0.2, -0.15) is 5.26 Å². The van der Waals surface area contributed by atoms with Crippen molar-refractivity contribution in [3.8, 4) is 6.07 Å². The molecule has 1 aliphatic rings. The Kier molecular flexibility index (Phi) is 3.10. The molecule has 1 unspecified atom stereocenters. The van der Waals surface area contributed by atoms with Gasteiger partial charge in [0.2, 0.25) is 0 Å². The Hall–Kier alpha value is -2.05. The van der Waals surface area contributed by atoms with Crippen molar-refractivity contribution in [2.24, 2.45) is 0 Å². The first-order valence-electron chi connectivity index (χ1n) is 6.16. The van der Waals surface area contributed by atoms with Crippen molar-refractivity contribution in [3.05, 3.63) is 58.2 Å². The molecule has 0 saturated carbocycles. The number of nitrogens with zero attached hydrogens (tertiary/aromatic N) is 2. The SMILES string of the molecule is N#Cc1ccnc(NCC2Cc3ccccc32)c1Cl. The van der Waals surface area contributed by atoms with Gasteiger partial charge in [0.05, 0.1) is 5.56 Å². The van der Waals surface area contributed by atoms with Crippen molar-refractivity contribution in [2.45, 2.75) is 12.3 Å². The molecule has 3 nitrogen and oxygen atoms in total. The Morgan fingerprint density at radius 2 is 2.21 bits per heavy atom. The standard InChI is InChI=1S/C15H12ClN3/c16-14-11(8-17)5-6-18-15(14)19-9-12-7-10-3-1-2-4-13(10)12/h1-6,12H,7,9H2,(H,18,19). The zero-order valence-corrected chi connectivity index (χ0v) is 11.0. The molecule has 0 aliphatic heterocycles. The number of fused-ring (bicyclic) bond motifs is 1. The maximum Gasteiger partial charge on any atom is 0.146 e. The average molecular weight is 270 g/mol. The van der Waals surface area contributed by atoms with E-state index in [2.05, 4.69) is 40.6 Å². The first-order chi connectivity index (χ1) is 9.29. The molecule has 0 radical (unpaired) electrons. The summed E-state index contributed by atoms with van der Waals surface area (Å²) in [5, 5.41) is 12.6. The van der Waals surface area contributed by atoms with Gasteiger partial charge < -0.3 is 5.32 Å². The third-order valence-corrected chi connectivity index (χ3v) is 3.87. The zero-order chi connectivity index (χ0) is 13.2. The van der Waals surface area contributed by atoms with E-state index in [9.17, 15) is 0 Å². The van der Waals surface area contributed by atoms with Gasteiger partial charge in [-0.05, 0) is 23.6 Å². The normalized spacial score (nSPS) is 16.1. The largest absolute Gasteiger partial charge is 0.368 e. The topological polar surface area (TPSA) is 48.7 Å². The fourth-order valence-corrected chi connectivity index (χ4v) is 2.64. The number of benzene rings is 1. The lowest BCUT2D eigenvalue weighted by Gasteiger charge is -2.30. The average Bonchev–Trinajstić information content (AvgIpc) is 2.41. The number of halogens is 1. The van der Waals surface area contributed by atoms with Crippen LogP contribution in [0.3, 0.4) is 0 Å². The summed E-state index contributed by atoms with van der Waals surface area (Å²) in [6.07, 6.45) is 2.68. The fourth-order valence-electron chi connectivity index (χ4n) is 2.42. The number of nitriles is 1. The van der Waals surface area contributed by atoms with E-state index in [1.165, 1.54) is 11.1 Å². The van der Waals surface area contributed by atoms with Gasteiger partial charge in [0.25, 0.3) is 0 Å². The Morgan fingerprint density at radius 1 is 1.37 bits per heavy atom. The summed E-state index contributed by atoms with van der Waals surface area (Å²) < 4.78 is 0. The molecule has 0 fully saturated rings. The van der Waals surface area contributed by atoms with Gasteiger partial charge in [0, 0.05) is 18.7 Å². The highest BCUT2D eigenvalue weighted by Crippen LogP contribution is 2.35. The number of hydrogen-bond acceptors (Lipinski definition) is 3. The smallest absolute Gasteiger partial charge is 0.146 e. The summed E-state index contributed by atoms with van der Waals surface area (Å²) in [4.78, 5) is 4.18. The third kappa shape index (κ3) is 2.16. The molecule has 2 aromatic rings. The molecule has 1 aromatic carbocycles. The van der Waals surface area contributed by atoms with Gasteiger partial charge >= 0.3 is 0 Å². The zero-order valence-electron chi connectivity index (χ0n) is 10.2. The molecule has 4 heteroatoms. The van der Waals surface area contributed by atoms with Crippen LogP contribution in [0.5, 0.6) is 0 Å². The van der Waals surface area contributed by atoms with Gasteiger partial charge in [-0.1, -0.05) is 35.9 Å². The molecule has 1 N–H and O–H groups in total. The van der Waals surface area contributed by atoms with Crippen LogP contribution in [0.15, 0.2) is 36.5 Å². The minimum Gasteiger partial charge on any atom is -0.368 e. The summed E-state index contributed by atoms with van der Waals surface area (Å²) in [5.41, 5.74) is 3.26. The van der Waals surface area contributed by atoms with Gasteiger partial charge in [-0.15, -0.1) is 0 Å². The first kappa shape index (κ1) is 12.0. The van der Waals surface area contributed by atoms with E-state index in [0.29, 0.717) is 22.3 Å². The lowest BCUT2D eigenvalue weighted by atomic mass is 9.77. The third-order valence-electron chi connectivity index (χ3n) is 3.49. The highest BCUT2D eigenvalue weighted by molar-refractivity contribution is 6.34. The summed E-state index contributed by atoms with van der Waals surface area (Å²) in [5.74, 6) is 1.09. The van der Waals surface area contributed by atoms with E-state index in [1.54, 1.807) is 12.3 Å². The van der Waals surface area contributed by atoms with Crippen molar-refractivity contribution in [3.63, 3.8) is 0 Å². The molecule has 1 aromatic heterocycles. The first-order valence-corrected chi connectivity index (χ1v) is 6.53. The molecule has 1 aliphatic carbocycles.